The maximum Gasteiger partial charge on any atom is 0.124 e. The van der Waals surface area contributed by atoms with E-state index in [1.54, 1.807) is 0 Å². The summed E-state index contributed by atoms with van der Waals surface area (Å²) < 4.78 is 0. The van der Waals surface area contributed by atoms with Crippen molar-refractivity contribution in [3.05, 3.63) is 95.6 Å². The van der Waals surface area contributed by atoms with Crippen molar-refractivity contribution in [1.29, 1.82) is 0 Å². The van der Waals surface area contributed by atoms with Gasteiger partial charge in [0.25, 0.3) is 0 Å². The molecule has 0 amide bonds. The zero-order valence-corrected chi connectivity index (χ0v) is 14.3. The molecule has 0 bridgehead atoms. The van der Waals surface area contributed by atoms with Gasteiger partial charge in [-0.2, -0.15) is 0 Å². The van der Waals surface area contributed by atoms with Crippen LogP contribution < -0.4 is 4.90 Å². The van der Waals surface area contributed by atoms with Gasteiger partial charge in [0.05, 0.1) is 0 Å². The summed E-state index contributed by atoms with van der Waals surface area (Å²) in [4.78, 5) is 14.3. The normalized spacial score (nSPS) is 14.5. The minimum Gasteiger partial charge on any atom is -0.344 e. The van der Waals surface area contributed by atoms with E-state index in [4.69, 9.17) is 0 Å². The van der Waals surface area contributed by atoms with Gasteiger partial charge in [0, 0.05) is 30.3 Å². The first-order valence-electron chi connectivity index (χ1n) is 8.70. The number of hydrogen-bond acceptors (Lipinski definition) is 2. The standard InChI is InChI=1S/C23H21NO/c1-24-21-13-7-5-11-19(21)23(20-12-6-8-14-22(20)24)18(16-25)15-17-9-3-2-4-10-17/h2-14,16,18,23H,15H2,1H3/t18-/m1/s1. The molecule has 0 saturated heterocycles. The Labute approximate surface area is 148 Å². The van der Waals surface area contributed by atoms with Crippen LogP contribution in [0.3, 0.4) is 0 Å². The molecular weight excluding hydrogens is 306 g/mol. The Hall–Kier alpha value is -2.87. The van der Waals surface area contributed by atoms with Crippen molar-refractivity contribution in [2.45, 2.75) is 12.3 Å². The molecule has 0 spiro atoms. The van der Waals surface area contributed by atoms with Gasteiger partial charge < -0.3 is 9.69 Å². The number of rotatable bonds is 4. The molecule has 4 rings (SSSR count). The van der Waals surface area contributed by atoms with Gasteiger partial charge in [-0.1, -0.05) is 66.7 Å². The number of benzene rings is 3. The van der Waals surface area contributed by atoms with Gasteiger partial charge in [-0.05, 0) is 35.2 Å². The Morgan fingerprint density at radius 1 is 0.840 bits per heavy atom. The largest absolute Gasteiger partial charge is 0.344 e. The van der Waals surface area contributed by atoms with Gasteiger partial charge in [0.15, 0.2) is 0 Å². The Kier molecular flexibility index (Phi) is 4.10. The number of carbonyl (C=O) groups excluding carboxylic acids is 1. The molecule has 124 valence electrons. The van der Waals surface area contributed by atoms with Crippen LogP contribution in [0.5, 0.6) is 0 Å². The second-order valence-corrected chi connectivity index (χ2v) is 6.64. The van der Waals surface area contributed by atoms with Crippen LogP contribution in [0.4, 0.5) is 11.4 Å². The Bertz CT molecular complexity index is 840. The van der Waals surface area contributed by atoms with E-state index in [0.717, 1.165) is 12.7 Å². The molecule has 3 aromatic carbocycles. The maximum atomic E-state index is 12.1. The average Bonchev–Trinajstić information content (AvgIpc) is 2.68. The molecule has 0 N–H and O–H groups in total. The van der Waals surface area contributed by atoms with Crippen LogP contribution in [0.25, 0.3) is 0 Å². The first kappa shape index (κ1) is 15.6. The summed E-state index contributed by atoms with van der Waals surface area (Å²) in [6.07, 6.45) is 1.89. The van der Waals surface area contributed by atoms with E-state index in [2.05, 4.69) is 72.6 Å². The van der Waals surface area contributed by atoms with Crippen LogP contribution >= 0.6 is 0 Å². The molecule has 0 radical (unpaired) electrons. The van der Waals surface area contributed by atoms with Crippen molar-refractivity contribution in [1.82, 2.24) is 0 Å². The summed E-state index contributed by atoms with van der Waals surface area (Å²) in [6, 6.07) is 27.2. The molecule has 3 aromatic rings. The highest BCUT2D eigenvalue weighted by Crippen LogP contribution is 2.47. The van der Waals surface area contributed by atoms with E-state index >= 15 is 0 Å². The van der Waals surface area contributed by atoms with Gasteiger partial charge in [-0.15, -0.1) is 0 Å². The quantitative estimate of drug-likeness (QED) is 0.631. The lowest BCUT2D eigenvalue weighted by molar-refractivity contribution is -0.111. The van der Waals surface area contributed by atoms with Crippen molar-refractivity contribution in [2.75, 3.05) is 11.9 Å². The third-order valence-corrected chi connectivity index (χ3v) is 5.18. The number of anilines is 2. The zero-order valence-electron chi connectivity index (χ0n) is 14.3. The lowest BCUT2D eigenvalue weighted by atomic mass is 9.75. The summed E-state index contributed by atoms with van der Waals surface area (Å²) in [5.41, 5.74) is 6.04. The van der Waals surface area contributed by atoms with Crippen LogP contribution in [0.2, 0.25) is 0 Å². The van der Waals surface area contributed by atoms with Gasteiger partial charge in [-0.25, -0.2) is 0 Å². The van der Waals surface area contributed by atoms with Crippen LogP contribution in [0.15, 0.2) is 78.9 Å². The zero-order chi connectivity index (χ0) is 17.2. The summed E-state index contributed by atoms with van der Waals surface area (Å²) in [5.74, 6) is -0.000272. The summed E-state index contributed by atoms with van der Waals surface area (Å²) >= 11 is 0. The van der Waals surface area contributed by atoms with Gasteiger partial charge >= 0.3 is 0 Å². The van der Waals surface area contributed by atoms with Crippen molar-refractivity contribution < 1.29 is 4.79 Å². The van der Waals surface area contributed by atoms with Crippen molar-refractivity contribution >= 4 is 17.7 Å². The van der Waals surface area contributed by atoms with Gasteiger partial charge in [0.1, 0.15) is 6.29 Å². The lowest BCUT2D eigenvalue weighted by Crippen LogP contribution is -2.27. The average molecular weight is 327 g/mol. The molecule has 0 aliphatic carbocycles. The number of nitrogens with zero attached hydrogens (tertiary/aromatic N) is 1. The van der Waals surface area contributed by atoms with Crippen molar-refractivity contribution in [3.8, 4) is 0 Å². The molecule has 0 aromatic heterocycles. The Balaban J connectivity index is 1.83. The summed E-state index contributed by atoms with van der Waals surface area (Å²) in [5, 5.41) is 0. The smallest absolute Gasteiger partial charge is 0.124 e. The number of aldehydes is 1. The molecule has 1 heterocycles. The number of carbonyl (C=O) groups is 1. The summed E-state index contributed by atoms with van der Waals surface area (Å²) in [6.45, 7) is 0. The predicted molar refractivity (Wildman–Crippen MR) is 102 cm³/mol. The molecular formula is C23H21NO. The van der Waals surface area contributed by atoms with Crippen molar-refractivity contribution in [3.63, 3.8) is 0 Å². The van der Waals surface area contributed by atoms with Crippen molar-refractivity contribution in [2.24, 2.45) is 5.92 Å². The second-order valence-electron chi connectivity index (χ2n) is 6.64. The monoisotopic (exact) mass is 327 g/mol. The highest BCUT2D eigenvalue weighted by atomic mass is 16.1. The number of fused-ring (bicyclic) bond motifs is 2. The van der Waals surface area contributed by atoms with Crippen LogP contribution in [-0.2, 0) is 11.2 Å². The maximum absolute atomic E-state index is 12.1. The first-order chi connectivity index (χ1) is 12.3. The highest BCUT2D eigenvalue weighted by molar-refractivity contribution is 5.77. The van der Waals surface area contributed by atoms with E-state index in [1.807, 2.05) is 18.2 Å². The summed E-state index contributed by atoms with van der Waals surface area (Å²) in [7, 11) is 2.10. The Morgan fingerprint density at radius 2 is 1.36 bits per heavy atom. The number of hydrogen-bond donors (Lipinski definition) is 0. The predicted octanol–water partition coefficient (Wildman–Crippen LogP) is 4.96. The molecule has 0 unspecified atom stereocenters. The third-order valence-electron chi connectivity index (χ3n) is 5.18. The van der Waals surface area contributed by atoms with E-state index in [0.29, 0.717) is 0 Å². The second kappa shape index (κ2) is 6.56. The van der Waals surface area contributed by atoms with Crippen LogP contribution in [-0.4, -0.2) is 13.3 Å². The van der Waals surface area contributed by atoms with Gasteiger partial charge in [0.2, 0.25) is 0 Å². The molecule has 1 atom stereocenters. The molecule has 25 heavy (non-hydrogen) atoms. The Morgan fingerprint density at radius 3 is 1.92 bits per heavy atom. The highest BCUT2D eigenvalue weighted by Gasteiger charge is 2.33. The fraction of sp³-hybridized carbons (Fsp3) is 0.174. The topological polar surface area (TPSA) is 20.3 Å². The lowest BCUT2D eigenvalue weighted by Gasteiger charge is -2.37. The first-order valence-corrected chi connectivity index (χ1v) is 8.70. The fourth-order valence-corrected chi connectivity index (χ4v) is 4.00. The molecule has 1 aliphatic heterocycles. The fourth-order valence-electron chi connectivity index (χ4n) is 4.00. The van der Waals surface area contributed by atoms with E-state index in [9.17, 15) is 4.79 Å². The van der Waals surface area contributed by atoms with Crippen LogP contribution in [0, 0.1) is 5.92 Å². The van der Waals surface area contributed by atoms with Gasteiger partial charge in [-0.3, -0.25) is 0 Å². The molecule has 1 aliphatic rings. The molecule has 0 fully saturated rings. The minimum absolute atomic E-state index is 0.0845. The molecule has 2 heteroatoms. The third kappa shape index (κ3) is 2.74. The van der Waals surface area contributed by atoms with Crippen LogP contribution in [0.1, 0.15) is 22.6 Å². The molecule has 2 nitrogen and oxygen atoms in total. The SMILES string of the molecule is CN1c2ccccc2C([C@@H](C=O)Cc2ccccc2)c2ccccc21. The van der Waals surface area contributed by atoms with E-state index in [1.165, 1.54) is 28.1 Å². The number of para-hydroxylation sites is 2. The van der Waals surface area contributed by atoms with E-state index in [-0.39, 0.29) is 11.8 Å². The molecule has 0 saturated carbocycles. The van der Waals surface area contributed by atoms with E-state index < -0.39 is 0 Å². The minimum atomic E-state index is -0.0848.